The molecule has 2 rings (SSSR count). The molecule has 1 aromatic rings. The molecule has 5 nitrogen and oxygen atoms in total. The molecular formula is C12H15NO4. The predicted octanol–water partition coefficient (Wildman–Crippen LogP) is 1.97. The van der Waals surface area contributed by atoms with Crippen molar-refractivity contribution in [2.45, 2.75) is 6.92 Å². The van der Waals surface area contributed by atoms with Crippen LogP contribution in [0.15, 0.2) is 12.1 Å². The summed E-state index contributed by atoms with van der Waals surface area (Å²) in [5.41, 5.74) is 1.68. The second-order valence-corrected chi connectivity index (χ2v) is 3.81. The zero-order valence-electron chi connectivity index (χ0n) is 10.1. The number of rotatable bonds is 1. The number of carbonyl (C=O) groups excluding carboxylic acids is 1. The van der Waals surface area contributed by atoms with Crippen LogP contribution in [0.1, 0.15) is 5.56 Å². The van der Waals surface area contributed by atoms with E-state index in [2.05, 4.69) is 4.74 Å². The predicted molar refractivity (Wildman–Crippen MR) is 63.0 cm³/mol. The van der Waals surface area contributed by atoms with Crippen molar-refractivity contribution in [3.63, 3.8) is 0 Å². The fraction of sp³-hybridized carbons (Fsp3) is 0.417. The zero-order valence-corrected chi connectivity index (χ0v) is 10.1. The molecule has 5 heteroatoms. The summed E-state index contributed by atoms with van der Waals surface area (Å²) in [6, 6.07) is 3.66. The number of hydrogen-bond acceptors (Lipinski definition) is 4. The second-order valence-electron chi connectivity index (χ2n) is 3.81. The summed E-state index contributed by atoms with van der Waals surface area (Å²) >= 11 is 0. The minimum atomic E-state index is -0.412. The van der Waals surface area contributed by atoms with Gasteiger partial charge >= 0.3 is 6.09 Å². The van der Waals surface area contributed by atoms with Crippen molar-refractivity contribution in [2.75, 3.05) is 32.3 Å². The Bertz CT molecular complexity index is 444. The third-order valence-electron chi connectivity index (χ3n) is 2.67. The highest BCUT2D eigenvalue weighted by Gasteiger charge is 2.19. The Morgan fingerprint density at radius 2 is 1.88 bits per heavy atom. The Labute approximate surface area is 99.9 Å². The van der Waals surface area contributed by atoms with Crippen LogP contribution in [-0.4, -0.2) is 33.5 Å². The largest absolute Gasteiger partial charge is 0.486 e. The maximum Gasteiger partial charge on any atom is 0.413 e. The van der Waals surface area contributed by atoms with Crippen molar-refractivity contribution in [3.8, 4) is 11.5 Å². The normalized spacial score (nSPS) is 13.1. The molecule has 92 valence electrons. The van der Waals surface area contributed by atoms with Crippen molar-refractivity contribution < 1.29 is 19.0 Å². The van der Waals surface area contributed by atoms with E-state index in [4.69, 9.17) is 9.47 Å². The van der Waals surface area contributed by atoms with Gasteiger partial charge in [-0.2, -0.15) is 0 Å². The number of amides is 1. The molecule has 1 amide bonds. The molecular weight excluding hydrogens is 222 g/mol. The molecule has 0 aromatic heterocycles. The number of nitrogens with zero attached hydrogens (tertiary/aromatic N) is 1. The van der Waals surface area contributed by atoms with E-state index in [1.165, 1.54) is 12.0 Å². The third kappa shape index (κ3) is 2.13. The third-order valence-corrected chi connectivity index (χ3v) is 2.67. The Kier molecular flexibility index (Phi) is 3.08. The van der Waals surface area contributed by atoms with Crippen molar-refractivity contribution in [2.24, 2.45) is 0 Å². The second kappa shape index (κ2) is 4.53. The summed E-state index contributed by atoms with van der Waals surface area (Å²) in [7, 11) is 3.01. The Balaban J connectivity index is 2.37. The topological polar surface area (TPSA) is 48.0 Å². The van der Waals surface area contributed by atoms with Gasteiger partial charge in [-0.1, -0.05) is 0 Å². The summed E-state index contributed by atoms with van der Waals surface area (Å²) in [5, 5.41) is 0. The van der Waals surface area contributed by atoms with Gasteiger partial charge in [0.2, 0.25) is 0 Å². The smallest absolute Gasteiger partial charge is 0.413 e. The maximum atomic E-state index is 11.5. The lowest BCUT2D eigenvalue weighted by molar-refractivity contribution is 0.171. The molecule has 0 saturated heterocycles. The fourth-order valence-corrected chi connectivity index (χ4v) is 1.78. The van der Waals surface area contributed by atoms with Crippen LogP contribution in [0.2, 0.25) is 0 Å². The van der Waals surface area contributed by atoms with Crippen LogP contribution in [0.25, 0.3) is 0 Å². The number of aryl methyl sites for hydroxylation is 1. The molecule has 1 aliphatic rings. The van der Waals surface area contributed by atoms with Gasteiger partial charge in [0.1, 0.15) is 13.2 Å². The summed E-state index contributed by atoms with van der Waals surface area (Å²) in [6.07, 6.45) is -0.412. The van der Waals surface area contributed by atoms with Crippen LogP contribution in [-0.2, 0) is 4.74 Å². The average molecular weight is 237 g/mol. The fourth-order valence-electron chi connectivity index (χ4n) is 1.78. The van der Waals surface area contributed by atoms with Crippen LogP contribution in [0.4, 0.5) is 10.5 Å². The average Bonchev–Trinajstić information content (AvgIpc) is 2.36. The minimum absolute atomic E-state index is 0.412. The summed E-state index contributed by atoms with van der Waals surface area (Å²) < 4.78 is 15.6. The van der Waals surface area contributed by atoms with E-state index in [1.807, 2.05) is 13.0 Å². The van der Waals surface area contributed by atoms with Crippen molar-refractivity contribution in [3.05, 3.63) is 17.7 Å². The minimum Gasteiger partial charge on any atom is -0.486 e. The number of ether oxygens (including phenoxy) is 3. The van der Waals surface area contributed by atoms with Crippen molar-refractivity contribution >= 4 is 11.8 Å². The van der Waals surface area contributed by atoms with Gasteiger partial charge in [-0.05, 0) is 18.6 Å². The van der Waals surface area contributed by atoms with Crippen molar-refractivity contribution in [1.29, 1.82) is 0 Å². The highest BCUT2D eigenvalue weighted by atomic mass is 16.6. The van der Waals surface area contributed by atoms with E-state index in [-0.39, 0.29) is 0 Å². The molecule has 0 radical (unpaired) electrons. The lowest BCUT2D eigenvalue weighted by Crippen LogP contribution is -2.27. The molecule has 0 bridgehead atoms. The van der Waals surface area contributed by atoms with Gasteiger partial charge in [0.15, 0.2) is 11.5 Å². The molecule has 1 heterocycles. The molecule has 17 heavy (non-hydrogen) atoms. The molecule has 0 saturated carbocycles. The number of carbonyl (C=O) groups is 1. The first-order valence-corrected chi connectivity index (χ1v) is 5.35. The number of benzene rings is 1. The molecule has 0 unspecified atom stereocenters. The van der Waals surface area contributed by atoms with Crippen LogP contribution in [0, 0.1) is 6.92 Å². The van der Waals surface area contributed by atoms with E-state index in [0.717, 1.165) is 17.0 Å². The SMILES string of the molecule is COC(=O)N(C)c1cc2c(cc1C)OCCO2. The van der Waals surface area contributed by atoms with Gasteiger partial charge in [-0.25, -0.2) is 4.79 Å². The first-order valence-electron chi connectivity index (χ1n) is 5.35. The van der Waals surface area contributed by atoms with Crippen LogP contribution in [0.5, 0.6) is 11.5 Å². The number of anilines is 1. The van der Waals surface area contributed by atoms with Crippen LogP contribution < -0.4 is 14.4 Å². The Morgan fingerprint density at radius 1 is 1.29 bits per heavy atom. The molecule has 1 aromatic carbocycles. The summed E-state index contributed by atoms with van der Waals surface area (Å²) in [5.74, 6) is 1.38. The lowest BCUT2D eigenvalue weighted by Gasteiger charge is -2.23. The van der Waals surface area contributed by atoms with Crippen molar-refractivity contribution in [1.82, 2.24) is 0 Å². The molecule has 1 aliphatic heterocycles. The van der Waals surface area contributed by atoms with Gasteiger partial charge in [0.25, 0.3) is 0 Å². The number of methoxy groups -OCH3 is 1. The Hall–Kier alpha value is -1.91. The molecule has 0 N–H and O–H groups in total. The lowest BCUT2D eigenvalue weighted by atomic mass is 10.1. The standard InChI is InChI=1S/C12H15NO4/c1-8-6-10-11(17-5-4-16-10)7-9(8)13(2)12(14)15-3/h6-7H,4-5H2,1-3H3. The monoisotopic (exact) mass is 237 g/mol. The van der Waals surface area contributed by atoms with Crippen LogP contribution in [0.3, 0.4) is 0 Å². The number of hydrogen-bond donors (Lipinski definition) is 0. The van der Waals surface area contributed by atoms with E-state index < -0.39 is 6.09 Å². The first-order chi connectivity index (χ1) is 8.13. The van der Waals surface area contributed by atoms with E-state index >= 15 is 0 Å². The van der Waals surface area contributed by atoms with E-state index in [1.54, 1.807) is 13.1 Å². The molecule has 0 atom stereocenters. The van der Waals surface area contributed by atoms with E-state index in [9.17, 15) is 4.79 Å². The van der Waals surface area contributed by atoms with Gasteiger partial charge in [-0.3, -0.25) is 4.90 Å². The summed E-state index contributed by atoms with van der Waals surface area (Å²) in [4.78, 5) is 12.9. The Morgan fingerprint density at radius 3 is 2.47 bits per heavy atom. The van der Waals surface area contributed by atoms with Gasteiger partial charge in [0.05, 0.1) is 12.8 Å². The van der Waals surface area contributed by atoms with Gasteiger partial charge in [0, 0.05) is 13.1 Å². The highest BCUT2D eigenvalue weighted by molar-refractivity contribution is 5.88. The van der Waals surface area contributed by atoms with Gasteiger partial charge < -0.3 is 14.2 Å². The zero-order chi connectivity index (χ0) is 12.4. The van der Waals surface area contributed by atoms with Crippen LogP contribution >= 0.6 is 0 Å². The first kappa shape index (κ1) is 11.6. The quantitative estimate of drug-likeness (QED) is 0.749. The molecule has 0 aliphatic carbocycles. The summed E-state index contributed by atoms with van der Waals surface area (Å²) in [6.45, 7) is 2.99. The maximum absolute atomic E-state index is 11.5. The molecule has 0 fully saturated rings. The number of fused-ring (bicyclic) bond motifs is 1. The van der Waals surface area contributed by atoms with Gasteiger partial charge in [-0.15, -0.1) is 0 Å². The van der Waals surface area contributed by atoms with E-state index in [0.29, 0.717) is 19.0 Å². The highest BCUT2D eigenvalue weighted by Crippen LogP contribution is 2.36. The molecule has 0 spiro atoms.